The molecule has 0 fully saturated rings. The molecule has 0 aliphatic carbocycles. The second kappa shape index (κ2) is 6.68. The highest BCUT2D eigenvalue weighted by Crippen LogP contribution is 2.13. The number of aliphatic hydroxyl groups is 1. The monoisotopic (exact) mass is 280 g/mol. The largest absolute Gasteiger partial charge is 0.393 e. The van der Waals surface area contributed by atoms with Gasteiger partial charge in [0, 0.05) is 11.4 Å². The lowest BCUT2D eigenvalue weighted by Gasteiger charge is -2.03. The summed E-state index contributed by atoms with van der Waals surface area (Å²) in [6.07, 6.45) is 2.29. The molecule has 1 heterocycles. The summed E-state index contributed by atoms with van der Waals surface area (Å²) in [6, 6.07) is 7.54. The molecule has 2 rings (SSSR count). The van der Waals surface area contributed by atoms with Gasteiger partial charge in [0.1, 0.15) is 0 Å². The molecule has 1 aromatic heterocycles. The van der Waals surface area contributed by atoms with Crippen LogP contribution < -0.4 is 0 Å². The third-order valence-electron chi connectivity index (χ3n) is 2.82. The highest BCUT2D eigenvalue weighted by molar-refractivity contribution is 6.30. The Morgan fingerprint density at radius 1 is 1.32 bits per heavy atom. The predicted octanol–water partition coefficient (Wildman–Crippen LogP) is 3.02. The van der Waals surface area contributed by atoms with Gasteiger partial charge >= 0.3 is 0 Å². The van der Waals surface area contributed by atoms with Crippen LogP contribution in [-0.4, -0.2) is 21.4 Å². The van der Waals surface area contributed by atoms with Crippen LogP contribution in [0.3, 0.4) is 0 Å². The molecule has 1 N–H and O–H groups in total. The summed E-state index contributed by atoms with van der Waals surface area (Å²) < 4.78 is 5.13. The molecule has 0 radical (unpaired) electrons. The first-order chi connectivity index (χ1) is 9.17. The summed E-state index contributed by atoms with van der Waals surface area (Å²) in [7, 11) is 0. The Labute approximate surface area is 117 Å². The van der Waals surface area contributed by atoms with Gasteiger partial charge < -0.3 is 9.63 Å². The van der Waals surface area contributed by atoms with Crippen LogP contribution in [0, 0.1) is 0 Å². The fraction of sp³-hybridized carbons (Fsp3) is 0.429. The van der Waals surface area contributed by atoms with Gasteiger partial charge in [-0.1, -0.05) is 42.2 Å². The van der Waals surface area contributed by atoms with Crippen LogP contribution in [0.25, 0.3) is 0 Å². The average Bonchev–Trinajstić information content (AvgIpc) is 2.80. The third kappa shape index (κ3) is 4.33. The van der Waals surface area contributed by atoms with Gasteiger partial charge in [-0.15, -0.1) is 0 Å². The predicted molar refractivity (Wildman–Crippen MR) is 73.2 cm³/mol. The van der Waals surface area contributed by atoms with E-state index in [1.165, 1.54) is 0 Å². The van der Waals surface area contributed by atoms with Crippen molar-refractivity contribution in [2.75, 3.05) is 0 Å². The van der Waals surface area contributed by atoms with E-state index in [1.807, 2.05) is 31.2 Å². The van der Waals surface area contributed by atoms with Gasteiger partial charge in [-0.05, 0) is 24.1 Å². The summed E-state index contributed by atoms with van der Waals surface area (Å²) >= 11 is 5.83. The van der Waals surface area contributed by atoms with Gasteiger partial charge in [-0.2, -0.15) is 4.98 Å². The second-order valence-electron chi connectivity index (χ2n) is 4.55. The summed E-state index contributed by atoms with van der Waals surface area (Å²) in [5, 5.41) is 14.3. The smallest absolute Gasteiger partial charge is 0.229 e. The van der Waals surface area contributed by atoms with Crippen LogP contribution in [0.1, 0.15) is 37.0 Å². The molecule has 0 bridgehead atoms. The second-order valence-corrected chi connectivity index (χ2v) is 4.99. The fourth-order valence-electron chi connectivity index (χ4n) is 1.87. The van der Waals surface area contributed by atoms with E-state index in [9.17, 15) is 5.11 Å². The van der Waals surface area contributed by atoms with E-state index in [4.69, 9.17) is 16.1 Å². The summed E-state index contributed by atoms with van der Waals surface area (Å²) in [5.41, 5.74) is 1.07. The lowest BCUT2D eigenvalue weighted by Crippen LogP contribution is -2.09. The van der Waals surface area contributed by atoms with Crippen molar-refractivity contribution in [1.82, 2.24) is 10.1 Å². The molecule has 0 saturated heterocycles. The van der Waals surface area contributed by atoms with Gasteiger partial charge in [0.05, 0.1) is 12.5 Å². The Kier molecular flexibility index (Phi) is 4.93. The number of halogens is 1. The SMILES string of the molecule is CCCC(O)Cc1nc(Cc2ccc(Cl)cc2)no1. The minimum Gasteiger partial charge on any atom is -0.393 e. The van der Waals surface area contributed by atoms with Crippen LogP contribution in [-0.2, 0) is 12.8 Å². The molecule has 102 valence electrons. The van der Waals surface area contributed by atoms with Crippen LogP contribution in [0.15, 0.2) is 28.8 Å². The van der Waals surface area contributed by atoms with Crippen LogP contribution >= 0.6 is 11.6 Å². The van der Waals surface area contributed by atoms with Crippen LogP contribution in [0.2, 0.25) is 5.02 Å². The van der Waals surface area contributed by atoms with E-state index in [0.717, 1.165) is 18.4 Å². The standard InChI is InChI=1S/C14H17ClN2O2/c1-2-3-12(18)9-14-16-13(17-19-14)8-10-4-6-11(15)7-5-10/h4-7,12,18H,2-3,8-9H2,1H3. The summed E-state index contributed by atoms with van der Waals surface area (Å²) in [5.74, 6) is 1.12. The Hall–Kier alpha value is -1.39. The molecule has 2 aromatic rings. The number of aromatic nitrogens is 2. The van der Waals surface area contributed by atoms with E-state index in [2.05, 4.69) is 10.1 Å². The Morgan fingerprint density at radius 3 is 2.74 bits per heavy atom. The number of hydrogen-bond acceptors (Lipinski definition) is 4. The summed E-state index contributed by atoms with van der Waals surface area (Å²) in [6.45, 7) is 2.03. The third-order valence-corrected chi connectivity index (χ3v) is 3.07. The minimum atomic E-state index is -0.408. The van der Waals surface area contributed by atoms with Gasteiger partial charge in [-0.3, -0.25) is 0 Å². The zero-order valence-electron chi connectivity index (χ0n) is 10.8. The highest BCUT2D eigenvalue weighted by atomic mass is 35.5. The van der Waals surface area contributed by atoms with Crippen LogP contribution in [0.4, 0.5) is 0 Å². The Balaban J connectivity index is 1.95. The maximum absolute atomic E-state index is 9.69. The van der Waals surface area contributed by atoms with Crippen molar-refractivity contribution >= 4 is 11.6 Å². The van der Waals surface area contributed by atoms with Crippen molar-refractivity contribution in [1.29, 1.82) is 0 Å². The van der Waals surface area contributed by atoms with Gasteiger partial charge in [-0.25, -0.2) is 0 Å². The Bertz CT molecular complexity index is 510. The highest BCUT2D eigenvalue weighted by Gasteiger charge is 2.11. The lowest BCUT2D eigenvalue weighted by atomic mass is 10.1. The van der Waals surface area contributed by atoms with Crippen molar-refractivity contribution in [3.05, 3.63) is 46.6 Å². The Morgan fingerprint density at radius 2 is 2.05 bits per heavy atom. The number of rotatable bonds is 6. The van der Waals surface area contributed by atoms with Gasteiger partial charge in [0.25, 0.3) is 0 Å². The van der Waals surface area contributed by atoms with Gasteiger partial charge in [0.15, 0.2) is 5.82 Å². The number of aliphatic hydroxyl groups excluding tert-OH is 1. The van der Waals surface area contributed by atoms with Crippen molar-refractivity contribution in [2.45, 2.75) is 38.7 Å². The average molecular weight is 281 g/mol. The first-order valence-electron chi connectivity index (χ1n) is 6.41. The first kappa shape index (κ1) is 14.0. The molecule has 0 spiro atoms. The topological polar surface area (TPSA) is 59.2 Å². The minimum absolute atomic E-state index is 0.408. The molecular weight excluding hydrogens is 264 g/mol. The molecule has 1 aromatic carbocycles. The molecule has 5 heteroatoms. The molecule has 0 aliphatic heterocycles. The number of benzene rings is 1. The van der Waals surface area contributed by atoms with E-state index >= 15 is 0 Å². The van der Waals surface area contributed by atoms with E-state index < -0.39 is 6.10 Å². The summed E-state index contributed by atoms with van der Waals surface area (Å²) in [4.78, 5) is 4.28. The first-order valence-corrected chi connectivity index (χ1v) is 6.79. The number of hydrogen-bond donors (Lipinski definition) is 1. The zero-order valence-corrected chi connectivity index (χ0v) is 11.6. The fourth-order valence-corrected chi connectivity index (χ4v) is 1.99. The maximum Gasteiger partial charge on any atom is 0.229 e. The van der Waals surface area contributed by atoms with Gasteiger partial charge in [0.2, 0.25) is 5.89 Å². The quantitative estimate of drug-likeness (QED) is 0.884. The maximum atomic E-state index is 9.69. The van der Waals surface area contributed by atoms with Crippen molar-refractivity contribution in [2.24, 2.45) is 0 Å². The van der Waals surface area contributed by atoms with Crippen molar-refractivity contribution < 1.29 is 9.63 Å². The van der Waals surface area contributed by atoms with E-state index in [1.54, 1.807) is 0 Å². The van der Waals surface area contributed by atoms with Crippen LogP contribution in [0.5, 0.6) is 0 Å². The molecule has 19 heavy (non-hydrogen) atoms. The molecular formula is C14H17ClN2O2. The number of nitrogens with zero attached hydrogens (tertiary/aromatic N) is 2. The van der Waals surface area contributed by atoms with E-state index in [0.29, 0.717) is 29.6 Å². The van der Waals surface area contributed by atoms with Crippen molar-refractivity contribution in [3.8, 4) is 0 Å². The molecule has 0 amide bonds. The normalized spacial score (nSPS) is 12.6. The van der Waals surface area contributed by atoms with E-state index in [-0.39, 0.29) is 0 Å². The molecule has 1 atom stereocenters. The lowest BCUT2D eigenvalue weighted by molar-refractivity contribution is 0.151. The molecule has 0 saturated carbocycles. The molecule has 0 aliphatic rings. The molecule has 4 nitrogen and oxygen atoms in total. The molecule has 1 unspecified atom stereocenters. The van der Waals surface area contributed by atoms with Crippen molar-refractivity contribution in [3.63, 3.8) is 0 Å². The zero-order chi connectivity index (χ0) is 13.7.